The monoisotopic (exact) mass is 368 g/mol. The largest absolute Gasteiger partial charge is 0.368 e. The van der Waals surface area contributed by atoms with Crippen molar-refractivity contribution in [2.45, 2.75) is 6.54 Å². The van der Waals surface area contributed by atoms with Gasteiger partial charge in [0.05, 0.1) is 4.92 Å². The second-order valence-corrected chi connectivity index (χ2v) is 6.99. The molecule has 1 aliphatic rings. The van der Waals surface area contributed by atoms with Crippen LogP contribution in [0, 0.1) is 10.1 Å². The quantitative estimate of drug-likeness (QED) is 0.599. The average Bonchev–Trinajstić information content (AvgIpc) is 2.67. The Kier molecular flexibility index (Phi) is 5.71. The Labute approximate surface area is 158 Å². The number of nitrogens with zero attached hydrogens (tertiary/aromatic N) is 4. The van der Waals surface area contributed by atoms with Gasteiger partial charge in [0.25, 0.3) is 11.6 Å². The molecule has 0 aromatic heterocycles. The molecule has 1 heterocycles. The summed E-state index contributed by atoms with van der Waals surface area (Å²) in [7, 11) is 4.10. The molecule has 0 saturated carbocycles. The van der Waals surface area contributed by atoms with Crippen LogP contribution in [0.5, 0.6) is 0 Å². The number of rotatable bonds is 5. The number of anilines is 1. The van der Waals surface area contributed by atoms with Crippen molar-refractivity contribution in [3.8, 4) is 0 Å². The number of nitro benzene ring substituents is 1. The molecule has 142 valence electrons. The molecule has 1 aliphatic heterocycles. The standard InChI is InChI=1S/C20H24N4O3/c1-21(2)15-16-4-3-5-19(14-16)22-10-12-23(13-11-22)20(25)17-6-8-18(9-7-17)24(26)27/h3-9,14H,10-13,15H2,1-2H3. The molecule has 27 heavy (non-hydrogen) atoms. The topological polar surface area (TPSA) is 69.9 Å². The van der Waals surface area contributed by atoms with E-state index in [1.165, 1.54) is 35.5 Å². The maximum Gasteiger partial charge on any atom is 0.269 e. The normalized spacial score (nSPS) is 14.5. The van der Waals surface area contributed by atoms with Crippen LogP contribution in [0.3, 0.4) is 0 Å². The summed E-state index contributed by atoms with van der Waals surface area (Å²) in [6.07, 6.45) is 0. The lowest BCUT2D eigenvalue weighted by molar-refractivity contribution is -0.384. The van der Waals surface area contributed by atoms with Crippen molar-refractivity contribution in [2.75, 3.05) is 45.2 Å². The highest BCUT2D eigenvalue weighted by atomic mass is 16.6. The fourth-order valence-corrected chi connectivity index (χ4v) is 3.29. The van der Waals surface area contributed by atoms with Crippen LogP contribution in [0.2, 0.25) is 0 Å². The van der Waals surface area contributed by atoms with Gasteiger partial charge in [0.2, 0.25) is 0 Å². The van der Waals surface area contributed by atoms with E-state index in [1.54, 1.807) is 4.90 Å². The Balaban J connectivity index is 1.61. The minimum atomic E-state index is -0.461. The first kappa shape index (κ1) is 18.8. The molecule has 7 nitrogen and oxygen atoms in total. The van der Waals surface area contributed by atoms with Gasteiger partial charge >= 0.3 is 0 Å². The summed E-state index contributed by atoms with van der Waals surface area (Å²) in [6, 6.07) is 14.3. The smallest absolute Gasteiger partial charge is 0.269 e. The minimum Gasteiger partial charge on any atom is -0.368 e. The van der Waals surface area contributed by atoms with Crippen molar-refractivity contribution >= 4 is 17.3 Å². The molecule has 0 aliphatic carbocycles. The highest BCUT2D eigenvalue weighted by molar-refractivity contribution is 5.94. The van der Waals surface area contributed by atoms with Crippen molar-refractivity contribution in [2.24, 2.45) is 0 Å². The molecule has 0 radical (unpaired) electrons. The van der Waals surface area contributed by atoms with Crippen LogP contribution in [0.4, 0.5) is 11.4 Å². The number of carbonyl (C=O) groups excluding carboxylic acids is 1. The van der Waals surface area contributed by atoms with E-state index in [2.05, 4.69) is 48.2 Å². The number of hydrogen-bond acceptors (Lipinski definition) is 5. The van der Waals surface area contributed by atoms with E-state index < -0.39 is 4.92 Å². The van der Waals surface area contributed by atoms with Gasteiger partial charge < -0.3 is 14.7 Å². The third-order valence-electron chi connectivity index (χ3n) is 4.67. The molecule has 1 amide bonds. The Morgan fingerprint density at radius 1 is 1.07 bits per heavy atom. The molecule has 0 bridgehead atoms. The van der Waals surface area contributed by atoms with E-state index in [0.29, 0.717) is 18.7 Å². The molecular weight excluding hydrogens is 344 g/mol. The molecule has 0 spiro atoms. The van der Waals surface area contributed by atoms with Crippen molar-refractivity contribution in [3.63, 3.8) is 0 Å². The third-order valence-corrected chi connectivity index (χ3v) is 4.67. The molecule has 1 fully saturated rings. The number of amides is 1. The molecule has 1 saturated heterocycles. The summed E-state index contributed by atoms with van der Waals surface area (Å²) < 4.78 is 0. The highest BCUT2D eigenvalue weighted by Crippen LogP contribution is 2.20. The van der Waals surface area contributed by atoms with Crippen molar-refractivity contribution in [1.82, 2.24) is 9.80 Å². The lowest BCUT2D eigenvalue weighted by atomic mass is 10.1. The molecule has 7 heteroatoms. The highest BCUT2D eigenvalue weighted by Gasteiger charge is 2.23. The first-order valence-corrected chi connectivity index (χ1v) is 8.96. The van der Waals surface area contributed by atoms with Crippen molar-refractivity contribution < 1.29 is 9.72 Å². The van der Waals surface area contributed by atoms with Crippen LogP contribution in [0.25, 0.3) is 0 Å². The van der Waals surface area contributed by atoms with Gasteiger partial charge in [0.15, 0.2) is 0 Å². The van der Waals surface area contributed by atoms with Crippen LogP contribution in [0.1, 0.15) is 15.9 Å². The first-order valence-electron chi connectivity index (χ1n) is 8.96. The molecule has 0 atom stereocenters. The van der Waals surface area contributed by atoms with Crippen LogP contribution in [-0.4, -0.2) is 60.9 Å². The predicted octanol–water partition coefficient (Wildman–Crippen LogP) is 2.62. The second-order valence-electron chi connectivity index (χ2n) is 6.99. The van der Waals surface area contributed by atoms with Gasteiger partial charge in [-0.15, -0.1) is 0 Å². The number of carbonyl (C=O) groups is 1. The summed E-state index contributed by atoms with van der Waals surface area (Å²) in [4.78, 5) is 29.1. The van der Waals surface area contributed by atoms with Crippen LogP contribution in [-0.2, 0) is 6.54 Å². The van der Waals surface area contributed by atoms with Crippen molar-refractivity contribution in [1.29, 1.82) is 0 Å². The van der Waals surface area contributed by atoms with E-state index in [1.807, 2.05) is 0 Å². The van der Waals surface area contributed by atoms with E-state index >= 15 is 0 Å². The van der Waals surface area contributed by atoms with Gasteiger partial charge in [0.1, 0.15) is 0 Å². The SMILES string of the molecule is CN(C)Cc1cccc(N2CCN(C(=O)c3ccc([N+](=O)[O-])cc3)CC2)c1. The number of non-ortho nitro benzene ring substituents is 1. The first-order chi connectivity index (χ1) is 12.9. The molecule has 2 aromatic carbocycles. The van der Waals surface area contributed by atoms with E-state index in [4.69, 9.17) is 0 Å². The number of benzene rings is 2. The van der Waals surface area contributed by atoms with Crippen LogP contribution >= 0.6 is 0 Å². The molecular formula is C20H24N4O3. The summed E-state index contributed by atoms with van der Waals surface area (Å²) >= 11 is 0. The fraction of sp³-hybridized carbons (Fsp3) is 0.350. The van der Waals surface area contributed by atoms with E-state index in [0.717, 1.165) is 19.6 Å². The lowest BCUT2D eigenvalue weighted by Gasteiger charge is -2.36. The Hall–Kier alpha value is -2.93. The summed E-state index contributed by atoms with van der Waals surface area (Å²) in [6.45, 7) is 3.70. The maximum absolute atomic E-state index is 12.6. The Bertz CT molecular complexity index is 812. The van der Waals surface area contributed by atoms with Gasteiger partial charge in [-0.2, -0.15) is 0 Å². The van der Waals surface area contributed by atoms with Crippen molar-refractivity contribution in [3.05, 3.63) is 69.8 Å². The maximum atomic E-state index is 12.6. The lowest BCUT2D eigenvalue weighted by Crippen LogP contribution is -2.48. The zero-order chi connectivity index (χ0) is 19.4. The third kappa shape index (κ3) is 4.62. The van der Waals surface area contributed by atoms with Crippen LogP contribution in [0.15, 0.2) is 48.5 Å². The minimum absolute atomic E-state index is 0.00558. The number of piperazine rings is 1. The molecule has 0 unspecified atom stereocenters. The van der Waals surface area contributed by atoms with Crippen LogP contribution < -0.4 is 4.90 Å². The number of hydrogen-bond donors (Lipinski definition) is 0. The summed E-state index contributed by atoms with van der Waals surface area (Å²) in [5.41, 5.74) is 2.93. The molecule has 2 aromatic rings. The van der Waals surface area contributed by atoms with E-state index in [-0.39, 0.29) is 11.6 Å². The summed E-state index contributed by atoms with van der Waals surface area (Å²) in [5, 5.41) is 10.7. The summed E-state index contributed by atoms with van der Waals surface area (Å²) in [5.74, 6) is -0.0779. The van der Waals surface area contributed by atoms with E-state index in [9.17, 15) is 14.9 Å². The Morgan fingerprint density at radius 3 is 2.33 bits per heavy atom. The predicted molar refractivity (Wildman–Crippen MR) is 105 cm³/mol. The van der Waals surface area contributed by atoms with Gasteiger partial charge in [-0.3, -0.25) is 14.9 Å². The fourth-order valence-electron chi connectivity index (χ4n) is 3.29. The van der Waals surface area contributed by atoms with Gasteiger partial charge in [-0.25, -0.2) is 0 Å². The van der Waals surface area contributed by atoms with Gasteiger partial charge in [0, 0.05) is 56.1 Å². The van der Waals surface area contributed by atoms with Gasteiger partial charge in [-0.05, 0) is 43.9 Å². The van der Waals surface area contributed by atoms with Gasteiger partial charge in [-0.1, -0.05) is 12.1 Å². The Morgan fingerprint density at radius 2 is 1.74 bits per heavy atom. The molecule has 0 N–H and O–H groups in total. The zero-order valence-electron chi connectivity index (χ0n) is 15.7. The average molecular weight is 368 g/mol. The molecule has 3 rings (SSSR count). The second kappa shape index (κ2) is 8.18. The zero-order valence-corrected chi connectivity index (χ0v) is 15.7. The number of nitro groups is 1.